The van der Waals surface area contributed by atoms with Gasteiger partial charge in [-0.15, -0.1) is 0 Å². The van der Waals surface area contributed by atoms with Crippen molar-refractivity contribution in [3.8, 4) is 5.75 Å². The van der Waals surface area contributed by atoms with Gasteiger partial charge in [-0.2, -0.15) is 0 Å². The lowest BCUT2D eigenvalue weighted by atomic mass is 9.84. The molecule has 2 aliphatic rings. The number of carbonyl (C=O) groups is 1. The van der Waals surface area contributed by atoms with Gasteiger partial charge in [0.1, 0.15) is 12.4 Å². The van der Waals surface area contributed by atoms with E-state index >= 15 is 0 Å². The average molecular weight is 384 g/mol. The second-order valence-corrected chi connectivity index (χ2v) is 7.88. The van der Waals surface area contributed by atoms with Crippen LogP contribution in [-0.2, 0) is 6.61 Å². The zero-order valence-corrected chi connectivity index (χ0v) is 15.8. The van der Waals surface area contributed by atoms with E-state index in [1.165, 1.54) is 37.8 Å². The predicted octanol–water partition coefficient (Wildman–Crippen LogP) is 4.32. The smallest absolute Gasteiger partial charge is 0.310 e. The second kappa shape index (κ2) is 7.66. The summed E-state index contributed by atoms with van der Waals surface area (Å²) in [7, 11) is 0. The van der Waals surface area contributed by atoms with E-state index < -0.39 is 4.92 Å². The van der Waals surface area contributed by atoms with Crippen LogP contribution < -0.4 is 10.1 Å². The van der Waals surface area contributed by atoms with Crippen LogP contribution in [0.2, 0.25) is 0 Å². The number of nitro benzene ring substituents is 1. The monoisotopic (exact) mass is 384 g/mol. The second-order valence-electron chi connectivity index (χ2n) is 7.88. The Hall–Kier alpha value is -2.83. The summed E-state index contributed by atoms with van der Waals surface area (Å²) in [5, 5.41) is 14.1. The maximum Gasteiger partial charge on any atom is 0.310 e. The van der Waals surface area contributed by atoms with Gasteiger partial charge < -0.3 is 14.5 Å². The Kier molecular flexibility index (Phi) is 5.07. The number of rotatable bonds is 7. The van der Waals surface area contributed by atoms with Crippen LogP contribution in [0, 0.1) is 27.9 Å². The van der Waals surface area contributed by atoms with Gasteiger partial charge in [-0.25, -0.2) is 0 Å². The van der Waals surface area contributed by atoms with Crippen molar-refractivity contribution in [1.82, 2.24) is 5.32 Å². The third-order valence-electron chi connectivity index (χ3n) is 6.11. The fourth-order valence-electron chi connectivity index (χ4n) is 4.75. The van der Waals surface area contributed by atoms with Crippen molar-refractivity contribution in [3.63, 3.8) is 0 Å². The first-order valence-electron chi connectivity index (χ1n) is 9.77. The first-order chi connectivity index (χ1) is 13.5. The van der Waals surface area contributed by atoms with E-state index in [2.05, 4.69) is 12.2 Å². The minimum absolute atomic E-state index is 0.0140. The summed E-state index contributed by atoms with van der Waals surface area (Å²) >= 11 is 0. The van der Waals surface area contributed by atoms with Crippen LogP contribution >= 0.6 is 0 Å². The molecule has 0 unspecified atom stereocenters. The average Bonchev–Trinajstić information content (AvgIpc) is 3.43. The Balaban J connectivity index is 1.34. The zero-order valence-electron chi connectivity index (χ0n) is 15.8. The Morgan fingerprint density at radius 2 is 2.11 bits per heavy atom. The minimum atomic E-state index is -0.493. The number of fused-ring (bicyclic) bond motifs is 2. The van der Waals surface area contributed by atoms with Crippen molar-refractivity contribution in [2.45, 2.75) is 45.3 Å². The van der Waals surface area contributed by atoms with E-state index in [0.717, 1.165) is 11.8 Å². The molecule has 2 saturated carbocycles. The molecule has 7 heteroatoms. The van der Waals surface area contributed by atoms with Crippen molar-refractivity contribution in [3.05, 3.63) is 58.0 Å². The summed E-state index contributed by atoms with van der Waals surface area (Å²) in [6, 6.07) is 9.56. The van der Waals surface area contributed by atoms with Crippen molar-refractivity contribution >= 4 is 11.6 Å². The van der Waals surface area contributed by atoms with Gasteiger partial charge in [0.25, 0.3) is 5.91 Å². The maximum atomic E-state index is 12.5. The Morgan fingerprint density at radius 1 is 1.29 bits per heavy atom. The number of nitrogens with zero attached hydrogens (tertiary/aromatic N) is 1. The standard InChI is InChI=1S/C21H24N2O5/c1-13(17-11-14-6-7-15(17)10-14)22-21(24)20-9-8-16(28-20)12-27-19-5-3-2-4-18(19)23(25)26/h2-5,8-9,13-15,17H,6-7,10-12H2,1H3,(H,22,24)/t13-,14-,15-,17-/m1/s1. The van der Waals surface area contributed by atoms with E-state index in [9.17, 15) is 14.9 Å². The fourth-order valence-corrected chi connectivity index (χ4v) is 4.75. The van der Waals surface area contributed by atoms with Crippen LogP contribution in [0.5, 0.6) is 5.75 Å². The molecule has 0 saturated heterocycles. The van der Waals surface area contributed by atoms with Gasteiger partial charge in [0, 0.05) is 12.1 Å². The number of hydrogen-bond donors (Lipinski definition) is 1. The molecule has 1 aromatic heterocycles. The van der Waals surface area contributed by atoms with E-state index in [1.807, 2.05) is 0 Å². The zero-order chi connectivity index (χ0) is 19.7. The van der Waals surface area contributed by atoms with Gasteiger partial charge >= 0.3 is 5.69 Å². The van der Waals surface area contributed by atoms with E-state index in [-0.39, 0.29) is 35.8 Å². The molecule has 0 radical (unpaired) electrons. The minimum Gasteiger partial charge on any atom is -0.479 e. The lowest BCUT2D eigenvalue weighted by Crippen LogP contribution is -2.40. The number of benzene rings is 1. The molecule has 1 amide bonds. The van der Waals surface area contributed by atoms with Crippen LogP contribution in [-0.4, -0.2) is 16.9 Å². The highest BCUT2D eigenvalue weighted by molar-refractivity contribution is 5.91. The highest BCUT2D eigenvalue weighted by Crippen LogP contribution is 2.49. The van der Waals surface area contributed by atoms with Gasteiger partial charge in [-0.1, -0.05) is 18.6 Å². The summed E-state index contributed by atoms with van der Waals surface area (Å²) in [5.74, 6) is 2.74. The first-order valence-corrected chi connectivity index (χ1v) is 9.77. The SMILES string of the molecule is C[C@@H](NC(=O)c1ccc(COc2ccccc2[N+](=O)[O-])o1)[C@H]1C[C@@H]2CC[C@@H]1C2. The molecule has 0 aliphatic heterocycles. The highest BCUT2D eigenvalue weighted by atomic mass is 16.6. The molecular formula is C21H24N2O5. The molecule has 7 nitrogen and oxygen atoms in total. The molecular weight excluding hydrogens is 360 g/mol. The number of ether oxygens (including phenoxy) is 1. The van der Waals surface area contributed by atoms with E-state index in [1.54, 1.807) is 24.3 Å². The predicted molar refractivity (Wildman–Crippen MR) is 102 cm³/mol. The molecule has 2 aromatic rings. The number of nitro groups is 1. The molecule has 0 spiro atoms. The summed E-state index contributed by atoms with van der Waals surface area (Å²) in [4.78, 5) is 23.1. The molecule has 4 rings (SSSR count). The number of furan rings is 1. The molecule has 1 heterocycles. The van der Waals surface area contributed by atoms with Crippen LogP contribution in [0.4, 0.5) is 5.69 Å². The largest absolute Gasteiger partial charge is 0.479 e. The third kappa shape index (κ3) is 3.74. The quantitative estimate of drug-likeness (QED) is 0.567. The molecule has 2 aliphatic carbocycles. The third-order valence-corrected chi connectivity index (χ3v) is 6.11. The van der Waals surface area contributed by atoms with Crippen LogP contribution in [0.15, 0.2) is 40.8 Å². The molecule has 1 N–H and O–H groups in total. The van der Waals surface area contributed by atoms with Crippen molar-refractivity contribution in [1.29, 1.82) is 0 Å². The lowest BCUT2D eigenvalue weighted by molar-refractivity contribution is -0.386. The molecule has 148 valence electrons. The van der Waals surface area contributed by atoms with Crippen LogP contribution in [0.1, 0.15) is 48.9 Å². The fraction of sp³-hybridized carbons (Fsp3) is 0.476. The van der Waals surface area contributed by atoms with E-state index in [4.69, 9.17) is 9.15 Å². The highest BCUT2D eigenvalue weighted by Gasteiger charge is 2.42. The molecule has 2 bridgehead atoms. The van der Waals surface area contributed by atoms with Gasteiger partial charge in [0.05, 0.1) is 4.92 Å². The van der Waals surface area contributed by atoms with Gasteiger partial charge in [-0.3, -0.25) is 14.9 Å². The number of hydrogen-bond acceptors (Lipinski definition) is 5. The summed E-state index contributed by atoms with van der Waals surface area (Å²) in [6.45, 7) is 2.09. The number of amides is 1. The van der Waals surface area contributed by atoms with Crippen molar-refractivity contribution in [2.75, 3.05) is 0 Å². The molecule has 1 aromatic carbocycles. The molecule has 4 atom stereocenters. The topological polar surface area (TPSA) is 94.6 Å². The normalized spacial score (nSPS) is 24.1. The van der Waals surface area contributed by atoms with Gasteiger partial charge in [0.15, 0.2) is 11.5 Å². The number of nitrogens with one attached hydrogen (secondary N) is 1. The van der Waals surface area contributed by atoms with Crippen LogP contribution in [0.3, 0.4) is 0 Å². The van der Waals surface area contributed by atoms with Gasteiger partial charge in [0.2, 0.25) is 0 Å². The first kappa shape index (κ1) is 18.5. The molecule has 2 fully saturated rings. The van der Waals surface area contributed by atoms with Crippen molar-refractivity contribution in [2.24, 2.45) is 17.8 Å². The summed E-state index contributed by atoms with van der Waals surface area (Å²) in [5.41, 5.74) is -0.105. The Morgan fingerprint density at radius 3 is 2.82 bits per heavy atom. The lowest BCUT2D eigenvalue weighted by Gasteiger charge is -2.28. The summed E-state index contributed by atoms with van der Waals surface area (Å²) in [6.07, 6.45) is 5.13. The Bertz CT molecular complexity index is 877. The van der Waals surface area contributed by atoms with E-state index in [0.29, 0.717) is 11.7 Å². The molecule has 28 heavy (non-hydrogen) atoms. The number of carbonyl (C=O) groups excluding carboxylic acids is 1. The maximum absolute atomic E-state index is 12.5. The van der Waals surface area contributed by atoms with Crippen molar-refractivity contribution < 1.29 is 18.9 Å². The van der Waals surface area contributed by atoms with Crippen LogP contribution in [0.25, 0.3) is 0 Å². The number of para-hydroxylation sites is 2. The Labute approximate surface area is 163 Å². The summed E-state index contributed by atoms with van der Waals surface area (Å²) < 4.78 is 11.1. The van der Waals surface area contributed by atoms with Gasteiger partial charge in [-0.05, 0) is 62.1 Å².